The van der Waals surface area contributed by atoms with E-state index in [2.05, 4.69) is 46.8 Å². The fraction of sp³-hybridized carbons (Fsp3) is 0.533. The molecule has 2 aromatic heterocycles. The fourth-order valence-electron chi connectivity index (χ4n) is 2.39. The van der Waals surface area contributed by atoms with Gasteiger partial charge in [-0.25, -0.2) is 9.97 Å². The average molecular weight is 370 g/mol. The SMILES string of the molecule is Cn1cc(-c2nc(Cl)c(Br)c(C3CC3)n2)c(C(C)(C)C)n1. The summed E-state index contributed by atoms with van der Waals surface area (Å²) in [5.74, 6) is 1.18. The second-order valence-electron chi connectivity index (χ2n) is 6.63. The lowest BCUT2D eigenvalue weighted by Gasteiger charge is -2.17. The van der Waals surface area contributed by atoms with Crippen molar-refractivity contribution in [3.63, 3.8) is 0 Å². The molecule has 0 aromatic carbocycles. The van der Waals surface area contributed by atoms with Gasteiger partial charge in [0, 0.05) is 24.6 Å². The van der Waals surface area contributed by atoms with E-state index >= 15 is 0 Å². The van der Waals surface area contributed by atoms with Crippen LogP contribution in [0.25, 0.3) is 11.4 Å². The van der Waals surface area contributed by atoms with E-state index in [0.717, 1.165) is 21.4 Å². The summed E-state index contributed by atoms with van der Waals surface area (Å²) in [5.41, 5.74) is 2.90. The third kappa shape index (κ3) is 2.86. The van der Waals surface area contributed by atoms with Crippen molar-refractivity contribution in [2.24, 2.45) is 7.05 Å². The first-order valence-corrected chi connectivity index (χ1v) is 8.22. The normalized spacial score (nSPS) is 15.5. The molecule has 2 heterocycles. The van der Waals surface area contributed by atoms with E-state index in [4.69, 9.17) is 16.6 Å². The first kappa shape index (κ1) is 15.0. The van der Waals surface area contributed by atoms with Gasteiger partial charge in [0.15, 0.2) is 5.82 Å². The number of aryl methyl sites for hydroxylation is 1. The van der Waals surface area contributed by atoms with Crippen LogP contribution < -0.4 is 0 Å². The molecule has 0 aliphatic heterocycles. The Hall–Kier alpha value is -0.940. The van der Waals surface area contributed by atoms with Crippen LogP contribution in [-0.4, -0.2) is 19.7 Å². The molecule has 4 nitrogen and oxygen atoms in total. The Morgan fingerprint density at radius 2 is 1.95 bits per heavy atom. The highest BCUT2D eigenvalue weighted by molar-refractivity contribution is 9.10. The van der Waals surface area contributed by atoms with Gasteiger partial charge in [0.05, 0.1) is 21.4 Å². The van der Waals surface area contributed by atoms with E-state index in [1.54, 1.807) is 0 Å². The van der Waals surface area contributed by atoms with Gasteiger partial charge >= 0.3 is 0 Å². The van der Waals surface area contributed by atoms with Crippen molar-refractivity contribution in [3.05, 3.63) is 27.2 Å². The van der Waals surface area contributed by atoms with Gasteiger partial charge in [-0.05, 0) is 28.8 Å². The zero-order valence-electron chi connectivity index (χ0n) is 12.6. The van der Waals surface area contributed by atoms with Crippen molar-refractivity contribution in [1.82, 2.24) is 19.7 Å². The van der Waals surface area contributed by atoms with Crippen LogP contribution in [0.5, 0.6) is 0 Å². The fourth-order valence-corrected chi connectivity index (χ4v) is 3.07. The Kier molecular flexibility index (Phi) is 3.61. The second-order valence-corrected chi connectivity index (χ2v) is 7.78. The number of hydrogen-bond acceptors (Lipinski definition) is 3. The monoisotopic (exact) mass is 368 g/mol. The van der Waals surface area contributed by atoms with E-state index in [1.165, 1.54) is 12.8 Å². The van der Waals surface area contributed by atoms with Gasteiger partial charge in [-0.15, -0.1) is 0 Å². The summed E-state index contributed by atoms with van der Waals surface area (Å²) in [6.07, 6.45) is 4.31. The largest absolute Gasteiger partial charge is 0.275 e. The van der Waals surface area contributed by atoms with Crippen molar-refractivity contribution in [2.75, 3.05) is 0 Å². The zero-order chi connectivity index (χ0) is 15.4. The summed E-state index contributed by atoms with van der Waals surface area (Å²) in [4.78, 5) is 9.21. The summed E-state index contributed by atoms with van der Waals surface area (Å²) in [6, 6.07) is 0. The molecule has 21 heavy (non-hydrogen) atoms. The first-order chi connectivity index (χ1) is 9.77. The van der Waals surface area contributed by atoms with Crippen LogP contribution in [0.4, 0.5) is 0 Å². The quantitative estimate of drug-likeness (QED) is 0.734. The average Bonchev–Trinajstić information content (AvgIpc) is 3.13. The Bertz CT molecular complexity index is 698. The maximum absolute atomic E-state index is 6.29. The Labute approximate surface area is 138 Å². The van der Waals surface area contributed by atoms with Crippen LogP contribution in [0.1, 0.15) is 50.9 Å². The lowest BCUT2D eigenvalue weighted by Crippen LogP contribution is -2.14. The molecular formula is C15H18BrClN4. The molecule has 0 radical (unpaired) electrons. The summed E-state index contributed by atoms with van der Waals surface area (Å²) in [5, 5.41) is 5.06. The van der Waals surface area contributed by atoms with E-state index in [9.17, 15) is 0 Å². The maximum Gasteiger partial charge on any atom is 0.164 e. The summed E-state index contributed by atoms with van der Waals surface area (Å²) >= 11 is 9.80. The topological polar surface area (TPSA) is 43.6 Å². The van der Waals surface area contributed by atoms with Crippen LogP contribution >= 0.6 is 27.5 Å². The van der Waals surface area contributed by atoms with E-state index in [-0.39, 0.29) is 5.41 Å². The van der Waals surface area contributed by atoms with Crippen LogP contribution in [0, 0.1) is 0 Å². The molecule has 0 unspecified atom stereocenters. The highest BCUT2D eigenvalue weighted by atomic mass is 79.9. The van der Waals surface area contributed by atoms with Crippen LogP contribution in [0.3, 0.4) is 0 Å². The molecule has 1 aliphatic carbocycles. The molecule has 0 saturated heterocycles. The van der Waals surface area contributed by atoms with Crippen molar-refractivity contribution in [3.8, 4) is 11.4 Å². The third-order valence-corrected chi connectivity index (χ3v) is 4.86. The molecule has 0 spiro atoms. The number of hydrogen-bond donors (Lipinski definition) is 0. The minimum absolute atomic E-state index is 0.0702. The molecule has 0 amide bonds. The predicted molar refractivity (Wildman–Crippen MR) is 87.6 cm³/mol. The molecule has 6 heteroatoms. The van der Waals surface area contributed by atoms with Crippen molar-refractivity contribution >= 4 is 27.5 Å². The van der Waals surface area contributed by atoms with Gasteiger partial charge in [-0.3, -0.25) is 4.68 Å². The maximum atomic E-state index is 6.29. The van der Waals surface area contributed by atoms with Crippen molar-refractivity contribution in [1.29, 1.82) is 0 Å². The van der Waals surface area contributed by atoms with Gasteiger partial charge in [0.1, 0.15) is 5.15 Å². The minimum atomic E-state index is -0.0702. The third-order valence-electron chi connectivity index (χ3n) is 3.58. The number of halogens is 2. The van der Waals surface area contributed by atoms with E-state index in [0.29, 0.717) is 16.9 Å². The molecule has 1 saturated carbocycles. The van der Waals surface area contributed by atoms with Crippen LogP contribution in [0.15, 0.2) is 10.7 Å². The van der Waals surface area contributed by atoms with Gasteiger partial charge in [-0.1, -0.05) is 32.4 Å². The molecule has 3 rings (SSSR count). The highest BCUT2D eigenvalue weighted by Crippen LogP contribution is 2.44. The molecule has 112 valence electrons. The zero-order valence-corrected chi connectivity index (χ0v) is 15.0. The predicted octanol–water partition coefficient (Wildman–Crippen LogP) is 4.47. The standard InChI is InChI=1S/C15H18BrClN4/c1-15(2,3)12-9(7-21(4)20-12)14-18-11(8-5-6-8)10(16)13(17)19-14/h7-8H,5-6H2,1-4H3. The Morgan fingerprint density at radius 3 is 2.52 bits per heavy atom. The molecule has 1 aliphatic rings. The Morgan fingerprint density at radius 1 is 1.29 bits per heavy atom. The lowest BCUT2D eigenvalue weighted by molar-refractivity contribution is 0.554. The number of nitrogens with zero attached hydrogens (tertiary/aromatic N) is 4. The van der Waals surface area contributed by atoms with Crippen molar-refractivity contribution in [2.45, 2.75) is 44.9 Å². The van der Waals surface area contributed by atoms with Gasteiger partial charge in [0.2, 0.25) is 0 Å². The molecule has 2 aromatic rings. The molecule has 0 atom stereocenters. The number of rotatable bonds is 2. The Balaban J connectivity index is 2.17. The van der Waals surface area contributed by atoms with Gasteiger partial charge in [0.25, 0.3) is 0 Å². The molecule has 0 bridgehead atoms. The minimum Gasteiger partial charge on any atom is -0.275 e. The molecule has 1 fully saturated rings. The smallest absolute Gasteiger partial charge is 0.164 e. The number of aromatic nitrogens is 4. The highest BCUT2D eigenvalue weighted by Gasteiger charge is 2.31. The summed E-state index contributed by atoms with van der Waals surface area (Å²) in [6.45, 7) is 6.42. The van der Waals surface area contributed by atoms with Crippen molar-refractivity contribution < 1.29 is 0 Å². The van der Waals surface area contributed by atoms with Crippen LogP contribution in [-0.2, 0) is 12.5 Å². The van der Waals surface area contributed by atoms with E-state index < -0.39 is 0 Å². The molecule has 0 N–H and O–H groups in total. The van der Waals surface area contributed by atoms with Gasteiger partial charge in [-0.2, -0.15) is 5.10 Å². The molecular weight excluding hydrogens is 352 g/mol. The van der Waals surface area contributed by atoms with E-state index in [1.807, 2.05) is 17.9 Å². The summed E-state index contributed by atoms with van der Waals surface area (Å²) < 4.78 is 2.64. The summed E-state index contributed by atoms with van der Waals surface area (Å²) in [7, 11) is 1.92. The lowest BCUT2D eigenvalue weighted by atomic mass is 9.89. The van der Waals surface area contributed by atoms with Crippen LogP contribution in [0.2, 0.25) is 5.15 Å². The van der Waals surface area contributed by atoms with Gasteiger partial charge < -0.3 is 0 Å². The first-order valence-electron chi connectivity index (χ1n) is 7.05. The second kappa shape index (κ2) is 5.06.